The molecule has 1 fully saturated rings. The highest BCUT2D eigenvalue weighted by atomic mass is 32.2. The maximum absolute atomic E-state index is 13.7. The Morgan fingerprint density at radius 1 is 1.03 bits per heavy atom. The first kappa shape index (κ1) is 24.9. The van der Waals surface area contributed by atoms with Crippen LogP contribution in [0.2, 0.25) is 0 Å². The van der Waals surface area contributed by atoms with Gasteiger partial charge in [-0.1, -0.05) is 18.2 Å². The lowest BCUT2D eigenvalue weighted by molar-refractivity contribution is -0.376. The van der Waals surface area contributed by atoms with E-state index in [2.05, 4.69) is 5.43 Å². The average molecular weight is 512 g/mol. The van der Waals surface area contributed by atoms with Gasteiger partial charge in [-0.25, -0.2) is 12.8 Å². The normalized spacial score (nSPS) is 25.0. The zero-order chi connectivity index (χ0) is 25.3. The molecule has 1 saturated carbocycles. The monoisotopic (exact) mass is 512 g/mol. The van der Waals surface area contributed by atoms with Crippen LogP contribution in [0.25, 0.3) is 0 Å². The fourth-order valence-corrected chi connectivity index (χ4v) is 7.93. The molecular formula is C21H19F7N2O3S. The summed E-state index contributed by atoms with van der Waals surface area (Å²) in [6.07, 6.45) is -12.0. The lowest BCUT2D eigenvalue weighted by Gasteiger charge is -2.34. The summed E-state index contributed by atoms with van der Waals surface area (Å²) in [5, 5.41) is 9.77. The molecule has 0 aromatic heterocycles. The summed E-state index contributed by atoms with van der Waals surface area (Å²) in [5.41, 5.74) is -4.20. The second-order valence-corrected chi connectivity index (χ2v) is 10.6. The third-order valence-corrected chi connectivity index (χ3v) is 9.48. The van der Waals surface area contributed by atoms with Crippen LogP contribution in [-0.2, 0) is 26.6 Å². The second-order valence-electron chi connectivity index (χ2n) is 8.49. The van der Waals surface area contributed by atoms with E-state index in [1.54, 1.807) is 0 Å². The standard InChI is InChI=1S/C21H19F7N2O3S/c22-13-3-5-14(6-4-13)34(32,33)18-15-8-2-12(19(31,20(23,24)25)21(26,27)28)9-11(15)1-7-16(18)17(18)10-30-29/h2-6,8-9,16-17,30-31H,1,7,10,29H2. The second kappa shape index (κ2) is 7.64. The number of nitrogens with one attached hydrogen (secondary N) is 1. The first-order valence-corrected chi connectivity index (χ1v) is 11.6. The van der Waals surface area contributed by atoms with Crippen LogP contribution in [-0.4, -0.2) is 32.4 Å². The van der Waals surface area contributed by atoms with Crippen molar-refractivity contribution < 1.29 is 44.3 Å². The topological polar surface area (TPSA) is 92.4 Å². The molecule has 3 atom stereocenters. The molecule has 5 nitrogen and oxygen atoms in total. The largest absolute Gasteiger partial charge is 0.430 e. The van der Waals surface area contributed by atoms with Crippen LogP contribution in [0.3, 0.4) is 0 Å². The Bertz CT molecular complexity index is 1200. The Hall–Kier alpha value is -2.22. The fraction of sp³-hybridized carbons (Fsp3) is 0.429. The van der Waals surface area contributed by atoms with Gasteiger partial charge in [0.1, 0.15) is 10.6 Å². The van der Waals surface area contributed by atoms with Crippen molar-refractivity contribution in [1.29, 1.82) is 0 Å². The summed E-state index contributed by atoms with van der Waals surface area (Å²) in [6, 6.07) is 5.91. The number of fused-ring (bicyclic) bond motifs is 3. The molecule has 0 bridgehead atoms. The minimum Gasteiger partial charge on any atom is -0.369 e. The first-order valence-electron chi connectivity index (χ1n) is 10.1. The molecule has 13 heteroatoms. The van der Waals surface area contributed by atoms with Gasteiger partial charge in [0.25, 0.3) is 5.60 Å². The Kier molecular flexibility index (Phi) is 5.59. The molecule has 0 heterocycles. The quantitative estimate of drug-likeness (QED) is 0.247. The minimum atomic E-state index is -6.07. The molecule has 0 saturated heterocycles. The number of sulfone groups is 1. The predicted octanol–water partition coefficient (Wildman–Crippen LogP) is 3.46. The van der Waals surface area contributed by atoms with Crippen LogP contribution in [0.4, 0.5) is 30.7 Å². The maximum atomic E-state index is 13.7. The summed E-state index contributed by atoms with van der Waals surface area (Å²) in [7, 11) is -4.26. The third-order valence-electron chi connectivity index (χ3n) is 6.87. The zero-order valence-corrected chi connectivity index (χ0v) is 18.0. The average Bonchev–Trinajstić information content (AvgIpc) is 3.41. The smallest absolute Gasteiger partial charge is 0.369 e. The van der Waals surface area contributed by atoms with E-state index in [0.29, 0.717) is 12.1 Å². The number of hydrogen-bond donors (Lipinski definition) is 3. The van der Waals surface area contributed by atoms with Crippen molar-refractivity contribution in [2.75, 3.05) is 6.54 Å². The van der Waals surface area contributed by atoms with E-state index in [9.17, 15) is 44.3 Å². The molecule has 0 aliphatic heterocycles. The van der Waals surface area contributed by atoms with E-state index >= 15 is 0 Å². The van der Waals surface area contributed by atoms with Crippen LogP contribution in [0.5, 0.6) is 0 Å². The van der Waals surface area contributed by atoms with Crippen LogP contribution in [0.1, 0.15) is 23.1 Å². The lowest BCUT2D eigenvalue weighted by Crippen LogP contribution is -2.54. The number of aryl methyl sites for hydroxylation is 1. The first-order chi connectivity index (χ1) is 15.6. The molecule has 186 valence electrons. The number of aliphatic hydroxyl groups is 1. The summed E-state index contributed by atoms with van der Waals surface area (Å²) >= 11 is 0. The predicted molar refractivity (Wildman–Crippen MR) is 105 cm³/mol. The van der Waals surface area contributed by atoms with Gasteiger partial charge >= 0.3 is 12.4 Å². The molecule has 0 radical (unpaired) electrons. The van der Waals surface area contributed by atoms with Gasteiger partial charge in [0.15, 0.2) is 9.84 Å². The van der Waals surface area contributed by atoms with Crippen molar-refractivity contribution >= 4 is 9.84 Å². The number of nitrogens with two attached hydrogens (primary N) is 1. The molecule has 0 spiro atoms. The maximum Gasteiger partial charge on any atom is 0.430 e. The summed E-state index contributed by atoms with van der Waals surface area (Å²) in [5.74, 6) is 3.59. The van der Waals surface area contributed by atoms with Crippen molar-refractivity contribution in [3.8, 4) is 0 Å². The Morgan fingerprint density at radius 3 is 2.15 bits per heavy atom. The third kappa shape index (κ3) is 3.20. The molecule has 4 N–H and O–H groups in total. The summed E-state index contributed by atoms with van der Waals surface area (Å²) in [6.45, 7) is 0.0152. The van der Waals surface area contributed by atoms with Gasteiger partial charge in [-0.3, -0.25) is 11.3 Å². The number of hydrogen-bond acceptors (Lipinski definition) is 5. The van der Waals surface area contributed by atoms with Gasteiger partial charge in [-0.2, -0.15) is 26.3 Å². The highest BCUT2D eigenvalue weighted by Gasteiger charge is 2.75. The van der Waals surface area contributed by atoms with Crippen molar-refractivity contribution in [1.82, 2.24) is 5.43 Å². The molecule has 2 aromatic carbocycles. The van der Waals surface area contributed by atoms with Gasteiger partial charge in [0, 0.05) is 18.0 Å². The number of hydrazine groups is 1. The molecule has 2 aliphatic carbocycles. The van der Waals surface area contributed by atoms with Crippen molar-refractivity contribution in [3.63, 3.8) is 0 Å². The Morgan fingerprint density at radius 2 is 1.62 bits per heavy atom. The van der Waals surface area contributed by atoms with Crippen molar-refractivity contribution in [2.45, 2.75) is 40.4 Å². The Labute approximate surface area is 189 Å². The number of alkyl halides is 6. The highest BCUT2D eigenvalue weighted by molar-refractivity contribution is 7.92. The van der Waals surface area contributed by atoms with Crippen LogP contribution < -0.4 is 11.3 Å². The van der Waals surface area contributed by atoms with Gasteiger partial charge in [0.05, 0.1) is 4.90 Å². The van der Waals surface area contributed by atoms with Gasteiger partial charge in [-0.05, 0) is 54.2 Å². The lowest BCUT2D eigenvalue weighted by atomic mass is 9.84. The molecule has 0 amide bonds. The summed E-state index contributed by atoms with van der Waals surface area (Å²) < 4.78 is 119. The van der Waals surface area contributed by atoms with Gasteiger partial charge in [-0.15, -0.1) is 0 Å². The molecule has 2 aliphatic rings. The molecule has 4 rings (SSSR count). The highest BCUT2D eigenvalue weighted by Crippen LogP contribution is 2.69. The van der Waals surface area contributed by atoms with Crippen LogP contribution in [0, 0.1) is 17.7 Å². The number of benzene rings is 2. The van der Waals surface area contributed by atoms with E-state index in [1.165, 1.54) is 0 Å². The molecule has 34 heavy (non-hydrogen) atoms. The van der Waals surface area contributed by atoms with E-state index < -0.39 is 55.8 Å². The Balaban J connectivity index is 1.91. The SMILES string of the molecule is NNCC1C2CCc3cc(C(O)(C(F)(F)F)C(F)(F)F)ccc3C21S(=O)(=O)c1ccc(F)cc1. The van der Waals surface area contributed by atoms with E-state index in [1.807, 2.05) is 0 Å². The molecule has 3 unspecified atom stereocenters. The van der Waals surface area contributed by atoms with Gasteiger partial charge < -0.3 is 5.11 Å². The van der Waals surface area contributed by atoms with E-state index in [4.69, 9.17) is 5.84 Å². The minimum absolute atomic E-state index is 0.00138. The number of rotatable bonds is 5. The van der Waals surface area contributed by atoms with E-state index in [0.717, 1.165) is 30.3 Å². The van der Waals surface area contributed by atoms with Gasteiger partial charge in [0.2, 0.25) is 0 Å². The molecular weight excluding hydrogens is 493 g/mol. The van der Waals surface area contributed by atoms with Crippen LogP contribution in [0.15, 0.2) is 47.4 Å². The van der Waals surface area contributed by atoms with Crippen LogP contribution >= 0.6 is 0 Å². The summed E-state index contributed by atoms with van der Waals surface area (Å²) in [4.78, 5) is -0.238. The van der Waals surface area contributed by atoms with Crippen molar-refractivity contribution in [3.05, 3.63) is 65.0 Å². The number of halogens is 7. The molecule has 2 aromatic rings. The van der Waals surface area contributed by atoms with E-state index in [-0.39, 0.29) is 35.4 Å². The fourth-order valence-electron chi connectivity index (χ4n) is 5.30. The van der Waals surface area contributed by atoms with Crippen molar-refractivity contribution in [2.24, 2.45) is 17.7 Å². The zero-order valence-electron chi connectivity index (χ0n) is 17.2.